The molecule has 0 rings (SSSR count). The number of hydrogen-bond acceptors (Lipinski definition) is 4. The Bertz CT molecular complexity index is 130. The van der Waals surface area contributed by atoms with Crippen LogP contribution in [-0.2, 0) is 4.79 Å². The van der Waals surface area contributed by atoms with E-state index in [1.165, 1.54) is 0 Å². The van der Waals surface area contributed by atoms with E-state index in [0.717, 1.165) is 13.0 Å². The highest BCUT2D eigenvalue weighted by Gasteiger charge is 2.09. The van der Waals surface area contributed by atoms with E-state index >= 15 is 0 Å². The molecule has 72 valence electrons. The molecule has 0 spiro atoms. The summed E-state index contributed by atoms with van der Waals surface area (Å²) in [6, 6.07) is -0.754. The van der Waals surface area contributed by atoms with Crippen LogP contribution in [0.2, 0.25) is 0 Å². The van der Waals surface area contributed by atoms with Gasteiger partial charge in [0.2, 0.25) is 0 Å². The molecule has 1 unspecified atom stereocenters. The Morgan fingerprint density at radius 1 is 1.50 bits per heavy atom. The molecule has 0 aromatic heterocycles. The summed E-state index contributed by atoms with van der Waals surface area (Å²) in [6.07, 6.45) is 1.36. The van der Waals surface area contributed by atoms with Crippen LogP contribution in [0.25, 0.3) is 0 Å². The van der Waals surface area contributed by atoms with Gasteiger partial charge in [-0.15, -0.1) is 0 Å². The van der Waals surface area contributed by atoms with Crippen LogP contribution in [0, 0.1) is 0 Å². The largest absolute Gasteiger partial charge is 0.480 e. The molecule has 5 heteroatoms. The molecule has 0 heterocycles. The first-order chi connectivity index (χ1) is 5.68. The van der Waals surface area contributed by atoms with Crippen molar-refractivity contribution < 1.29 is 9.90 Å². The fraction of sp³-hybridized carbons (Fsp3) is 0.857. The molecule has 0 bridgehead atoms. The van der Waals surface area contributed by atoms with E-state index in [-0.39, 0.29) is 0 Å². The van der Waals surface area contributed by atoms with Crippen molar-refractivity contribution >= 4 is 5.97 Å². The van der Waals surface area contributed by atoms with Crippen LogP contribution in [0.1, 0.15) is 12.8 Å². The zero-order chi connectivity index (χ0) is 9.40. The quantitative estimate of drug-likeness (QED) is 0.361. The highest BCUT2D eigenvalue weighted by atomic mass is 16.4. The van der Waals surface area contributed by atoms with Crippen molar-refractivity contribution in [1.29, 1.82) is 0 Å². The Balaban J connectivity index is 3.14. The molecule has 0 aliphatic rings. The lowest BCUT2D eigenvalue weighted by Gasteiger charge is -2.06. The summed E-state index contributed by atoms with van der Waals surface area (Å²) < 4.78 is 0. The van der Waals surface area contributed by atoms with Crippen LogP contribution in [0.15, 0.2) is 0 Å². The number of nitrogens with two attached hydrogens (primary N) is 2. The normalized spacial score (nSPS) is 12.8. The molecule has 12 heavy (non-hydrogen) atoms. The first-order valence-electron chi connectivity index (χ1n) is 4.07. The highest BCUT2D eigenvalue weighted by molar-refractivity contribution is 5.72. The van der Waals surface area contributed by atoms with Gasteiger partial charge < -0.3 is 21.9 Å². The summed E-state index contributed by atoms with van der Waals surface area (Å²) in [5.41, 5.74) is 10.5. The number of carboxylic acids is 1. The summed E-state index contributed by atoms with van der Waals surface area (Å²) in [4.78, 5) is 10.2. The van der Waals surface area contributed by atoms with Crippen molar-refractivity contribution in [2.24, 2.45) is 11.5 Å². The van der Waals surface area contributed by atoms with Gasteiger partial charge in [-0.05, 0) is 32.5 Å². The average Bonchev–Trinajstić information content (AvgIpc) is 2.03. The molecule has 0 fully saturated rings. The standard InChI is InChI=1S/C7H17N3O2/c8-3-1-4-10-5-2-6(9)7(11)12/h6,10H,1-5,8-9H2,(H,11,12). The van der Waals surface area contributed by atoms with Gasteiger partial charge in [0.1, 0.15) is 6.04 Å². The molecule has 6 N–H and O–H groups in total. The molecule has 0 aliphatic carbocycles. The molecule has 0 amide bonds. The Labute approximate surface area is 72.1 Å². The first kappa shape index (κ1) is 11.4. The molecule has 0 aromatic rings. The van der Waals surface area contributed by atoms with Crippen molar-refractivity contribution in [2.75, 3.05) is 19.6 Å². The van der Waals surface area contributed by atoms with E-state index < -0.39 is 12.0 Å². The Hall–Kier alpha value is -0.650. The van der Waals surface area contributed by atoms with Crippen LogP contribution in [0.5, 0.6) is 0 Å². The van der Waals surface area contributed by atoms with E-state index in [0.29, 0.717) is 19.5 Å². The highest BCUT2D eigenvalue weighted by Crippen LogP contribution is 1.85. The monoisotopic (exact) mass is 175 g/mol. The first-order valence-corrected chi connectivity index (χ1v) is 4.07. The number of rotatable bonds is 7. The van der Waals surface area contributed by atoms with Crippen molar-refractivity contribution in [3.63, 3.8) is 0 Å². The zero-order valence-corrected chi connectivity index (χ0v) is 7.12. The summed E-state index contributed by atoms with van der Waals surface area (Å²) in [5, 5.41) is 11.5. The van der Waals surface area contributed by atoms with Crippen LogP contribution < -0.4 is 16.8 Å². The van der Waals surface area contributed by atoms with Crippen molar-refractivity contribution in [3.05, 3.63) is 0 Å². The van der Waals surface area contributed by atoms with Crippen LogP contribution in [0.4, 0.5) is 0 Å². The second-order valence-electron chi connectivity index (χ2n) is 2.63. The Morgan fingerprint density at radius 3 is 2.67 bits per heavy atom. The smallest absolute Gasteiger partial charge is 0.320 e. The molecular formula is C7H17N3O2. The molecule has 5 nitrogen and oxygen atoms in total. The van der Waals surface area contributed by atoms with Crippen molar-refractivity contribution in [3.8, 4) is 0 Å². The molecular weight excluding hydrogens is 158 g/mol. The van der Waals surface area contributed by atoms with Gasteiger partial charge in [0.05, 0.1) is 0 Å². The van der Waals surface area contributed by atoms with Gasteiger partial charge in [-0.3, -0.25) is 4.79 Å². The molecule has 0 radical (unpaired) electrons. The number of carboxylic acid groups (broad SMARTS) is 1. The molecule has 0 saturated heterocycles. The van der Waals surface area contributed by atoms with Gasteiger partial charge in [-0.2, -0.15) is 0 Å². The lowest BCUT2D eigenvalue weighted by molar-refractivity contribution is -0.138. The predicted molar refractivity (Wildman–Crippen MR) is 46.8 cm³/mol. The molecule has 0 aliphatic heterocycles. The molecule has 1 atom stereocenters. The fourth-order valence-electron chi connectivity index (χ4n) is 0.733. The average molecular weight is 175 g/mol. The number of aliphatic carboxylic acids is 1. The lowest BCUT2D eigenvalue weighted by atomic mass is 10.2. The third-order valence-corrected chi connectivity index (χ3v) is 1.51. The van der Waals surface area contributed by atoms with Crippen LogP contribution in [-0.4, -0.2) is 36.8 Å². The molecule has 0 aromatic carbocycles. The summed E-state index contributed by atoms with van der Waals surface area (Å²) in [5.74, 6) is -0.948. The summed E-state index contributed by atoms with van der Waals surface area (Å²) >= 11 is 0. The maximum Gasteiger partial charge on any atom is 0.320 e. The van der Waals surface area contributed by atoms with Gasteiger partial charge in [0.25, 0.3) is 0 Å². The minimum Gasteiger partial charge on any atom is -0.480 e. The minimum absolute atomic E-state index is 0.458. The van der Waals surface area contributed by atoms with Crippen LogP contribution >= 0.6 is 0 Å². The number of carbonyl (C=O) groups is 1. The summed E-state index contributed by atoms with van der Waals surface area (Å²) in [7, 11) is 0. The van der Waals surface area contributed by atoms with E-state index in [1.807, 2.05) is 0 Å². The predicted octanol–water partition coefficient (Wildman–Crippen LogP) is -1.27. The summed E-state index contributed by atoms with van der Waals surface area (Å²) in [6.45, 7) is 2.11. The van der Waals surface area contributed by atoms with Gasteiger partial charge >= 0.3 is 5.97 Å². The lowest BCUT2D eigenvalue weighted by Crippen LogP contribution is -2.34. The fourth-order valence-corrected chi connectivity index (χ4v) is 0.733. The van der Waals surface area contributed by atoms with Crippen molar-refractivity contribution in [2.45, 2.75) is 18.9 Å². The zero-order valence-electron chi connectivity index (χ0n) is 7.12. The van der Waals surface area contributed by atoms with Gasteiger partial charge in [0, 0.05) is 0 Å². The number of nitrogens with one attached hydrogen (secondary N) is 1. The van der Waals surface area contributed by atoms with E-state index in [9.17, 15) is 4.79 Å². The third-order valence-electron chi connectivity index (χ3n) is 1.51. The Morgan fingerprint density at radius 2 is 2.17 bits per heavy atom. The second kappa shape index (κ2) is 7.02. The topological polar surface area (TPSA) is 101 Å². The minimum atomic E-state index is -0.948. The van der Waals surface area contributed by atoms with Gasteiger partial charge in [-0.1, -0.05) is 0 Å². The maximum absolute atomic E-state index is 10.2. The van der Waals surface area contributed by atoms with E-state index in [2.05, 4.69) is 5.32 Å². The van der Waals surface area contributed by atoms with Crippen molar-refractivity contribution in [1.82, 2.24) is 5.32 Å². The third kappa shape index (κ3) is 6.09. The number of hydrogen-bond donors (Lipinski definition) is 4. The van der Waals surface area contributed by atoms with Gasteiger partial charge in [-0.25, -0.2) is 0 Å². The molecule has 0 saturated carbocycles. The second-order valence-corrected chi connectivity index (χ2v) is 2.63. The van der Waals surface area contributed by atoms with Crippen LogP contribution in [0.3, 0.4) is 0 Å². The Kier molecular flexibility index (Phi) is 6.64. The maximum atomic E-state index is 10.2. The SMILES string of the molecule is NCCCNCCC(N)C(=O)O. The van der Waals surface area contributed by atoms with E-state index in [4.69, 9.17) is 16.6 Å². The van der Waals surface area contributed by atoms with Gasteiger partial charge in [0.15, 0.2) is 0 Å². The van der Waals surface area contributed by atoms with E-state index in [1.54, 1.807) is 0 Å².